The summed E-state index contributed by atoms with van der Waals surface area (Å²) in [6.07, 6.45) is 0. The molecule has 0 aliphatic heterocycles. The van der Waals surface area contributed by atoms with Gasteiger partial charge in [0.1, 0.15) is 22.3 Å². The lowest BCUT2D eigenvalue weighted by Gasteiger charge is -2.15. The van der Waals surface area contributed by atoms with Crippen LogP contribution >= 0.6 is 11.3 Å². The van der Waals surface area contributed by atoms with E-state index in [2.05, 4.69) is 319 Å². The Labute approximate surface area is 796 Å². The molecular weight excluding hydrogens is 1700 g/mol. The van der Waals surface area contributed by atoms with Crippen LogP contribution in [0.4, 0.5) is 17.1 Å². The maximum atomic E-state index is 7.93. The molecule has 0 spiro atoms. The molecule has 0 unspecified atom stereocenters. The van der Waals surface area contributed by atoms with E-state index in [1.54, 1.807) is 0 Å². The Morgan fingerprint density at radius 1 is 0.210 bits per heavy atom. The molecule has 0 radical (unpaired) electrons. The number of furan rings is 2. The molecule has 642 valence electrons. The van der Waals surface area contributed by atoms with Gasteiger partial charge in [0.25, 0.3) is 0 Å². The van der Waals surface area contributed by atoms with Gasteiger partial charge in [-0.1, -0.05) is 297 Å². The molecule has 27 rings (SSSR count). The normalized spacial score (nSPS) is 11.5. The zero-order valence-electron chi connectivity index (χ0n) is 74.1. The summed E-state index contributed by atoms with van der Waals surface area (Å²) in [5.41, 5.74) is 32.2. The van der Waals surface area contributed by atoms with Crippen LogP contribution in [-0.4, -0.2) is 28.7 Å². The van der Waals surface area contributed by atoms with Crippen molar-refractivity contribution < 1.29 is 8.83 Å². The maximum Gasteiger partial charge on any atom is 0.194 e. The number of thiophene rings is 1. The Bertz CT molecular complexity index is 9740. The molecule has 9 aromatic heterocycles. The van der Waals surface area contributed by atoms with Crippen molar-refractivity contribution in [1.29, 1.82) is 0 Å². The van der Waals surface area contributed by atoms with Crippen molar-refractivity contribution in [2.75, 3.05) is 0 Å². The number of pyridine rings is 3. The molecule has 0 N–H and O–H groups in total. The van der Waals surface area contributed by atoms with Crippen molar-refractivity contribution in [1.82, 2.24) is 28.7 Å². The summed E-state index contributed by atoms with van der Waals surface area (Å²) < 4.78 is 22.3. The first-order valence-corrected chi connectivity index (χ1v) is 46.6. The predicted molar refractivity (Wildman–Crippen MR) is 571 cm³/mol. The average Bonchev–Trinajstić information content (AvgIpc) is 1.55. The number of hydrogen-bond acceptors (Lipinski definition) is 6. The van der Waals surface area contributed by atoms with Gasteiger partial charge in [0.2, 0.25) is 0 Å². The molecule has 0 aliphatic rings. The monoisotopic (exact) mass is 1780 g/mol. The molecule has 138 heavy (non-hydrogen) atoms. The molecule has 0 atom stereocenters. The first-order chi connectivity index (χ1) is 68.3. The predicted octanol–water partition coefficient (Wildman–Crippen LogP) is 35.4. The van der Waals surface area contributed by atoms with E-state index < -0.39 is 0 Å². The van der Waals surface area contributed by atoms with Crippen LogP contribution in [-0.2, 0) is 0 Å². The van der Waals surface area contributed by atoms with Gasteiger partial charge in [0.05, 0.1) is 92.4 Å². The van der Waals surface area contributed by atoms with E-state index in [-0.39, 0.29) is 0 Å². The van der Waals surface area contributed by atoms with Gasteiger partial charge in [0.15, 0.2) is 17.1 Å². The zero-order chi connectivity index (χ0) is 91.8. The lowest BCUT2D eigenvalue weighted by molar-refractivity contribution is 0.669. The van der Waals surface area contributed by atoms with Crippen LogP contribution in [0, 0.1) is 19.7 Å². The van der Waals surface area contributed by atoms with Gasteiger partial charge in [0, 0.05) is 119 Å². The van der Waals surface area contributed by atoms with Gasteiger partial charge in [-0.15, -0.1) is 11.3 Å². The van der Waals surface area contributed by atoms with Crippen molar-refractivity contribution in [3.05, 3.63) is 489 Å². The SMILES string of the molecule is [C-]#[N+]c1ccccc1-c1cc(-c2cccc(-c3ccccc3)n2)cc(-n2c3ccccc3c3c4sc5ccccc5c4ccc32)c1.[C-]#[N+]c1ccccc1-c1cc(-c2cccc(-c3ccccc3)n2)cc(-n2c3ccccc3c3cc4oc5ccccc5c4cc32)c1.[C-]#[N+]c1ccccc1-c1cc(-c2cccc(-c3ccccc3)n2)cc(-n2c3ccccc3c3ccc4oc5ccccc5c4c32)c1. The molecule has 9 heterocycles. The zero-order valence-corrected chi connectivity index (χ0v) is 74.9. The lowest BCUT2D eigenvalue weighted by Crippen LogP contribution is -1.97. The average molecular weight is 1780 g/mol. The molecule has 0 amide bonds. The topological polar surface area (TPSA) is 92.8 Å². The van der Waals surface area contributed by atoms with Gasteiger partial charge < -0.3 is 22.5 Å². The van der Waals surface area contributed by atoms with E-state index in [9.17, 15) is 0 Å². The molecule has 0 aliphatic carbocycles. The smallest absolute Gasteiger partial charge is 0.194 e. The second-order valence-corrected chi connectivity index (χ2v) is 35.5. The van der Waals surface area contributed by atoms with Crippen LogP contribution < -0.4 is 0 Å². The van der Waals surface area contributed by atoms with Crippen molar-refractivity contribution in [3.63, 3.8) is 0 Å². The molecule has 27 aromatic rings. The maximum absolute atomic E-state index is 7.93. The summed E-state index contributed by atoms with van der Waals surface area (Å²) in [5, 5.41) is 14.0. The molecule has 0 saturated carbocycles. The number of hydrogen-bond donors (Lipinski definition) is 0. The highest BCUT2D eigenvalue weighted by molar-refractivity contribution is 7.26. The first kappa shape index (κ1) is 81.1. The summed E-state index contributed by atoms with van der Waals surface area (Å²) in [5.74, 6) is 0. The summed E-state index contributed by atoms with van der Waals surface area (Å²) in [4.78, 5) is 27.0. The van der Waals surface area contributed by atoms with Gasteiger partial charge >= 0.3 is 0 Å². The Morgan fingerprint density at radius 2 is 0.580 bits per heavy atom. The minimum Gasteiger partial charge on any atom is -0.456 e. The number of benzene rings is 18. The molecular formula is C126H75N9O2S. The third-order valence-electron chi connectivity index (χ3n) is 26.4. The lowest BCUT2D eigenvalue weighted by atomic mass is 9.98. The molecule has 0 fully saturated rings. The van der Waals surface area contributed by atoms with Gasteiger partial charge in [-0.05, 0) is 191 Å². The van der Waals surface area contributed by atoms with Crippen molar-refractivity contribution in [2.45, 2.75) is 0 Å². The van der Waals surface area contributed by atoms with E-state index in [4.69, 9.17) is 43.5 Å². The number of para-hydroxylation sites is 8. The molecule has 0 bridgehead atoms. The van der Waals surface area contributed by atoms with Crippen LogP contribution in [0.3, 0.4) is 0 Å². The minimum absolute atomic E-state index is 0.613. The number of fused-ring (bicyclic) bond motifs is 20. The Balaban J connectivity index is 0.000000110. The van der Waals surface area contributed by atoms with Gasteiger partial charge in [-0.25, -0.2) is 29.5 Å². The van der Waals surface area contributed by atoms with E-state index in [0.29, 0.717) is 17.1 Å². The van der Waals surface area contributed by atoms with Crippen molar-refractivity contribution in [3.8, 4) is 118 Å². The fourth-order valence-electron chi connectivity index (χ4n) is 20.2. The fourth-order valence-corrected chi connectivity index (χ4v) is 21.4. The molecule has 11 nitrogen and oxygen atoms in total. The summed E-state index contributed by atoms with van der Waals surface area (Å²) in [6, 6.07) is 157. The largest absolute Gasteiger partial charge is 0.456 e. The van der Waals surface area contributed by atoms with Crippen molar-refractivity contribution in [2.24, 2.45) is 0 Å². The summed E-state index contributed by atoms with van der Waals surface area (Å²) >= 11 is 1.86. The van der Waals surface area contributed by atoms with E-state index >= 15 is 0 Å². The van der Waals surface area contributed by atoms with Gasteiger partial charge in [-0.2, -0.15) is 0 Å². The number of nitrogens with zero attached hydrogens (tertiary/aromatic N) is 9. The second kappa shape index (κ2) is 34.0. The van der Waals surface area contributed by atoms with Crippen LogP contribution in [0.25, 0.3) is 262 Å². The Kier molecular flexibility index (Phi) is 20.0. The van der Waals surface area contributed by atoms with Crippen molar-refractivity contribution >= 4 is 158 Å². The van der Waals surface area contributed by atoms with Gasteiger partial charge in [-0.3, -0.25) is 0 Å². The third kappa shape index (κ3) is 14.1. The Morgan fingerprint density at radius 3 is 1.09 bits per heavy atom. The molecule has 12 heteroatoms. The third-order valence-corrected chi connectivity index (χ3v) is 27.6. The molecule has 0 saturated heterocycles. The quantitative estimate of drug-likeness (QED) is 0.114. The summed E-state index contributed by atoms with van der Waals surface area (Å²) in [6.45, 7) is 23.8. The number of rotatable bonds is 12. The van der Waals surface area contributed by atoms with Crippen LogP contribution in [0.2, 0.25) is 0 Å². The minimum atomic E-state index is 0.613. The van der Waals surface area contributed by atoms with Crippen LogP contribution in [0.1, 0.15) is 0 Å². The van der Waals surface area contributed by atoms with Crippen LogP contribution in [0.15, 0.2) is 464 Å². The van der Waals surface area contributed by atoms with E-state index in [0.717, 1.165) is 211 Å². The van der Waals surface area contributed by atoms with E-state index in [1.165, 1.54) is 36.3 Å². The molecule has 18 aromatic carbocycles. The highest BCUT2D eigenvalue weighted by Gasteiger charge is 2.26. The first-order valence-electron chi connectivity index (χ1n) is 45.8. The number of aromatic nitrogens is 6. The summed E-state index contributed by atoms with van der Waals surface area (Å²) in [7, 11) is 0. The highest BCUT2D eigenvalue weighted by atomic mass is 32.1. The van der Waals surface area contributed by atoms with E-state index in [1.807, 2.05) is 175 Å². The standard InChI is InChI=1S/2C42H25N3O.C42H25N3S/c1-43-38-17-8-5-14-31(38)28-22-29(37-19-11-18-36(44-37)27-12-3-2-4-13-27)24-30(23-28)45-39-20-9-6-15-32(39)34-26-42-35(25-40(34)45)33-16-7-10-21-41(33)46-42;1-43-37-17-8-5-14-31(37)28-24-29(36-19-11-18-35(44-36)27-12-3-2-4-13-27)26-30(25-28)45-38-20-9-6-15-32(38)33-22-23-40-41(42(33)45)34-16-7-10-21-39(34)46-40;1-43-37-17-8-5-14-31(37)28-24-29(36-19-11-18-35(44-36)27-12-3-2-4-13-27)26-30(25-28)45-38-20-9-6-16-34(38)41-39(45)23-22-33-32-15-7-10-21-40(32)46-42(33)41/h3*2-26H. The highest BCUT2D eigenvalue weighted by Crippen LogP contribution is 2.49. The second-order valence-electron chi connectivity index (χ2n) is 34.4. The Hall–Kier alpha value is -18.9. The van der Waals surface area contributed by atoms with Crippen LogP contribution in [0.5, 0.6) is 0 Å². The fraction of sp³-hybridized carbons (Fsp3) is 0.